The number of methoxy groups -OCH3 is 1. The van der Waals surface area contributed by atoms with Crippen molar-refractivity contribution in [3.8, 4) is 5.75 Å². The first-order valence-electron chi connectivity index (χ1n) is 6.67. The lowest BCUT2D eigenvalue weighted by Crippen LogP contribution is -2.29. The predicted molar refractivity (Wildman–Crippen MR) is 78.6 cm³/mol. The van der Waals surface area contributed by atoms with Gasteiger partial charge in [-0.15, -0.1) is 0 Å². The standard InChI is InChI=1S/C15H24N2O2/c1-5-12-9-13(6-7-14(12)19-4)17(3)15(18)8-11(2)10-16/h6-7,9,11H,5,8,10,16H2,1-4H3. The van der Waals surface area contributed by atoms with E-state index in [2.05, 4.69) is 6.92 Å². The van der Waals surface area contributed by atoms with Crippen LogP contribution in [0, 0.1) is 5.92 Å². The second kappa shape index (κ2) is 7.14. The van der Waals surface area contributed by atoms with Crippen molar-refractivity contribution in [2.75, 3.05) is 25.6 Å². The summed E-state index contributed by atoms with van der Waals surface area (Å²) < 4.78 is 5.29. The van der Waals surface area contributed by atoms with Crippen molar-refractivity contribution >= 4 is 11.6 Å². The molecule has 1 unspecified atom stereocenters. The quantitative estimate of drug-likeness (QED) is 0.857. The van der Waals surface area contributed by atoms with Crippen molar-refractivity contribution < 1.29 is 9.53 Å². The molecule has 106 valence electrons. The molecule has 0 radical (unpaired) electrons. The third-order valence-corrected chi connectivity index (χ3v) is 3.33. The van der Waals surface area contributed by atoms with Gasteiger partial charge in [-0.1, -0.05) is 13.8 Å². The molecule has 4 nitrogen and oxygen atoms in total. The SMILES string of the molecule is CCc1cc(N(C)C(=O)CC(C)CN)ccc1OC. The molecule has 2 N–H and O–H groups in total. The summed E-state index contributed by atoms with van der Waals surface area (Å²) in [6.45, 7) is 4.58. The van der Waals surface area contributed by atoms with Gasteiger partial charge in [-0.3, -0.25) is 4.79 Å². The van der Waals surface area contributed by atoms with E-state index in [0.29, 0.717) is 13.0 Å². The number of anilines is 1. The lowest BCUT2D eigenvalue weighted by molar-refractivity contribution is -0.119. The molecule has 0 aliphatic heterocycles. The van der Waals surface area contributed by atoms with Crippen LogP contribution in [0.1, 0.15) is 25.8 Å². The highest BCUT2D eigenvalue weighted by Crippen LogP contribution is 2.25. The van der Waals surface area contributed by atoms with Gasteiger partial charge in [-0.2, -0.15) is 0 Å². The van der Waals surface area contributed by atoms with Crippen molar-refractivity contribution in [2.45, 2.75) is 26.7 Å². The van der Waals surface area contributed by atoms with Gasteiger partial charge in [0.2, 0.25) is 5.91 Å². The van der Waals surface area contributed by atoms with Crippen LogP contribution in [0.2, 0.25) is 0 Å². The molecule has 1 amide bonds. The molecule has 1 aromatic rings. The van der Waals surface area contributed by atoms with Crippen LogP contribution in [0.5, 0.6) is 5.75 Å². The van der Waals surface area contributed by atoms with Gasteiger partial charge in [-0.25, -0.2) is 0 Å². The highest BCUT2D eigenvalue weighted by atomic mass is 16.5. The van der Waals surface area contributed by atoms with Gasteiger partial charge in [0.1, 0.15) is 5.75 Å². The maximum Gasteiger partial charge on any atom is 0.227 e. The van der Waals surface area contributed by atoms with Crippen molar-refractivity contribution in [3.63, 3.8) is 0 Å². The second-order valence-electron chi connectivity index (χ2n) is 4.85. The fraction of sp³-hybridized carbons (Fsp3) is 0.533. The Morgan fingerprint density at radius 2 is 2.16 bits per heavy atom. The fourth-order valence-corrected chi connectivity index (χ4v) is 1.91. The number of benzene rings is 1. The molecule has 0 saturated heterocycles. The zero-order valence-electron chi connectivity index (χ0n) is 12.3. The van der Waals surface area contributed by atoms with E-state index < -0.39 is 0 Å². The molecule has 1 aromatic carbocycles. The summed E-state index contributed by atoms with van der Waals surface area (Å²) in [5.41, 5.74) is 7.55. The first-order valence-corrected chi connectivity index (χ1v) is 6.67. The highest BCUT2D eigenvalue weighted by Gasteiger charge is 2.15. The van der Waals surface area contributed by atoms with Crippen LogP contribution < -0.4 is 15.4 Å². The Balaban J connectivity index is 2.87. The Labute approximate surface area is 115 Å². The number of hydrogen-bond acceptors (Lipinski definition) is 3. The summed E-state index contributed by atoms with van der Waals surface area (Å²) >= 11 is 0. The molecule has 0 bridgehead atoms. The highest BCUT2D eigenvalue weighted by molar-refractivity contribution is 5.93. The van der Waals surface area contributed by atoms with E-state index in [-0.39, 0.29) is 11.8 Å². The average molecular weight is 264 g/mol. The van der Waals surface area contributed by atoms with Crippen LogP contribution in [0.4, 0.5) is 5.69 Å². The van der Waals surface area contributed by atoms with E-state index in [1.807, 2.05) is 25.1 Å². The third-order valence-electron chi connectivity index (χ3n) is 3.33. The third kappa shape index (κ3) is 3.96. The van der Waals surface area contributed by atoms with Crippen LogP contribution in [0.3, 0.4) is 0 Å². The van der Waals surface area contributed by atoms with Gasteiger partial charge in [0.15, 0.2) is 0 Å². The number of carbonyl (C=O) groups excluding carboxylic acids is 1. The number of aryl methyl sites for hydroxylation is 1. The predicted octanol–water partition coefficient (Wildman–Crippen LogP) is 2.21. The maximum atomic E-state index is 12.1. The lowest BCUT2D eigenvalue weighted by atomic mass is 10.1. The molecule has 0 saturated carbocycles. The Morgan fingerprint density at radius 1 is 1.47 bits per heavy atom. The van der Waals surface area contributed by atoms with Crippen LogP contribution in [0.15, 0.2) is 18.2 Å². The summed E-state index contributed by atoms with van der Waals surface area (Å²) in [7, 11) is 3.46. The fourth-order valence-electron chi connectivity index (χ4n) is 1.91. The zero-order valence-corrected chi connectivity index (χ0v) is 12.3. The molecule has 0 spiro atoms. The first-order chi connectivity index (χ1) is 9.03. The van der Waals surface area contributed by atoms with Gasteiger partial charge in [0.05, 0.1) is 7.11 Å². The summed E-state index contributed by atoms with van der Waals surface area (Å²) in [5.74, 6) is 1.16. The molecular weight excluding hydrogens is 240 g/mol. The number of amides is 1. The van der Waals surface area contributed by atoms with Crippen molar-refractivity contribution in [1.82, 2.24) is 0 Å². The summed E-state index contributed by atoms with van der Waals surface area (Å²) in [6, 6.07) is 5.82. The van der Waals surface area contributed by atoms with Crippen molar-refractivity contribution in [3.05, 3.63) is 23.8 Å². The van der Waals surface area contributed by atoms with Crippen molar-refractivity contribution in [2.24, 2.45) is 11.7 Å². The maximum absolute atomic E-state index is 12.1. The van der Waals surface area contributed by atoms with E-state index >= 15 is 0 Å². The second-order valence-corrected chi connectivity index (χ2v) is 4.85. The van der Waals surface area contributed by atoms with Gasteiger partial charge < -0.3 is 15.4 Å². The number of hydrogen-bond donors (Lipinski definition) is 1. The molecular formula is C15H24N2O2. The Hall–Kier alpha value is -1.55. The molecule has 1 rings (SSSR count). The number of rotatable bonds is 6. The minimum Gasteiger partial charge on any atom is -0.496 e. The number of ether oxygens (including phenoxy) is 1. The summed E-state index contributed by atoms with van der Waals surface area (Å²) in [6.07, 6.45) is 1.35. The van der Waals surface area contributed by atoms with Gasteiger partial charge in [-0.05, 0) is 42.6 Å². The van der Waals surface area contributed by atoms with Crippen LogP contribution in [-0.2, 0) is 11.2 Å². The number of nitrogens with zero attached hydrogens (tertiary/aromatic N) is 1. The van der Waals surface area contributed by atoms with E-state index in [1.54, 1.807) is 19.1 Å². The number of carbonyl (C=O) groups is 1. The lowest BCUT2D eigenvalue weighted by Gasteiger charge is -2.20. The first kappa shape index (κ1) is 15.5. The monoisotopic (exact) mass is 264 g/mol. The normalized spacial score (nSPS) is 12.1. The molecule has 0 aromatic heterocycles. The molecule has 0 fully saturated rings. The Morgan fingerprint density at radius 3 is 2.68 bits per heavy atom. The van der Waals surface area contributed by atoms with Gasteiger partial charge in [0, 0.05) is 19.2 Å². The zero-order chi connectivity index (χ0) is 14.4. The molecule has 19 heavy (non-hydrogen) atoms. The Kier molecular flexibility index (Phi) is 5.83. The van der Waals surface area contributed by atoms with Crippen LogP contribution >= 0.6 is 0 Å². The minimum atomic E-state index is 0.0881. The van der Waals surface area contributed by atoms with E-state index in [4.69, 9.17) is 10.5 Å². The van der Waals surface area contributed by atoms with E-state index in [9.17, 15) is 4.79 Å². The molecule has 0 heterocycles. The van der Waals surface area contributed by atoms with E-state index in [1.165, 1.54) is 0 Å². The minimum absolute atomic E-state index is 0.0881. The summed E-state index contributed by atoms with van der Waals surface area (Å²) in [5, 5.41) is 0. The van der Waals surface area contributed by atoms with Crippen molar-refractivity contribution in [1.29, 1.82) is 0 Å². The molecule has 1 atom stereocenters. The summed E-state index contributed by atoms with van der Waals surface area (Å²) in [4.78, 5) is 13.8. The van der Waals surface area contributed by atoms with Gasteiger partial charge >= 0.3 is 0 Å². The topological polar surface area (TPSA) is 55.6 Å². The largest absolute Gasteiger partial charge is 0.496 e. The molecule has 0 aliphatic rings. The van der Waals surface area contributed by atoms with Crippen LogP contribution in [-0.4, -0.2) is 26.6 Å². The average Bonchev–Trinajstić information content (AvgIpc) is 2.45. The van der Waals surface area contributed by atoms with Gasteiger partial charge in [0.25, 0.3) is 0 Å². The van der Waals surface area contributed by atoms with E-state index in [0.717, 1.165) is 23.4 Å². The molecule has 4 heteroatoms. The Bertz CT molecular complexity index is 432. The number of nitrogens with two attached hydrogens (primary N) is 1. The molecule has 0 aliphatic carbocycles. The smallest absolute Gasteiger partial charge is 0.227 e. The van der Waals surface area contributed by atoms with Crippen LogP contribution in [0.25, 0.3) is 0 Å².